The second-order valence-electron chi connectivity index (χ2n) is 14.6. The Labute approximate surface area is 327 Å². The third kappa shape index (κ3) is 7.77. The predicted molar refractivity (Wildman–Crippen MR) is 218 cm³/mol. The molecule has 5 aromatic rings. The molecule has 1 aliphatic heterocycles. The van der Waals surface area contributed by atoms with Gasteiger partial charge in [-0.15, -0.1) is 0 Å². The Hall–Kier alpha value is -5.37. The largest absolute Gasteiger partial charge is 0.455 e. The van der Waals surface area contributed by atoms with Gasteiger partial charge in [-0.2, -0.15) is 0 Å². The number of nitrogens with two attached hydrogens (primary N) is 1. The second-order valence-corrected chi connectivity index (χ2v) is 15.9. The molecule has 1 saturated carbocycles. The lowest BCUT2D eigenvalue weighted by atomic mass is 9.59. The van der Waals surface area contributed by atoms with Crippen LogP contribution in [-0.2, 0) is 0 Å². The number of amides is 1. The van der Waals surface area contributed by atoms with Crippen LogP contribution in [0.3, 0.4) is 0 Å². The topological polar surface area (TPSA) is 167 Å². The molecule has 12 nitrogen and oxygen atoms in total. The van der Waals surface area contributed by atoms with Crippen LogP contribution in [0.25, 0.3) is 16.6 Å². The van der Waals surface area contributed by atoms with Crippen molar-refractivity contribution >= 4 is 69.3 Å². The van der Waals surface area contributed by atoms with E-state index in [1.54, 1.807) is 24.0 Å². The van der Waals surface area contributed by atoms with Crippen molar-refractivity contribution in [3.8, 4) is 11.5 Å². The van der Waals surface area contributed by atoms with E-state index in [2.05, 4.69) is 36.6 Å². The van der Waals surface area contributed by atoms with Crippen LogP contribution in [0.5, 0.6) is 11.5 Å². The number of aromatic nitrogens is 2. The molecule has 1 amide bonds. The first-order chi connectivity index (χ1) is 26.7. The monoisotopic (exact) mass is 776 g/mol. The molecular weight excluding hydrogens is 736 g/mol. The molecule has 282 valence electrons. The Kier molecular flexibility index (Phi) is 10.2. The number of carbonyl (C=O) groups is 1. The highest BCUT2D eigenvalue weighted by molar-refractivity contribution is 7.98. The number of piperazine rings is 1. The van der Waals surface area contributed by atoms with E-state index in [0.29, 0.717) is 21.8 Å². The second kappa shape index (κ2) is 15.4. The highest BCUT2D eigenvalue weighted by atomic mass is 35.5. The summed E-state index contributed by atoms with van der Waals surface area (Å²) in [7, 11) is 0. The number of anilines is 2. The molecule has 14 heteroatoms. The van der Waals surface area contributed by atoms with Crippen molar-refractivity contribution in [3.63, 3.8) is 0 Å². The van der Waals surface area contributed by atoms with E-state index in [1.807, 2.05) is 36.4 Å². The Morgan fingerprint density at radius 3 is 2.62 bits per heavy atom. The van der Waals surface area contributed by atoms with Crippen LogP contribution in [0.15, 0.2) is 89.6 Å². The van der Waals surface area contributed by atoms with Crippen molar-refractivity contribution in [1.82, 2.24) is 19.6 Å². The SMILES string of the molecule is N=Cc1cc(SNC(=O)c2ccc(N3CCN(CC4=C(c5ccc(Cl)cc5)CC5(CCC5)CC4)CC3)cc2Oc2cnc3[nH]ccc3c2)cc([N+](=O)[O-])c1N. The Morgan fingerprint density at radius 1 is 1.09 bits per heavy atom. The molecular formula is C41H41ClN8O4S. The van der Waals surface area contributed by atoms with E-state index in [0.717, 1.165) is 85.5 Å². The zero-order valence-electron chi connectivity index (χ0n) is 30.1. The molecule has 0 radical (unpaired) electrons. The number of pyridine rings is 1. The third-order valence-electron chi connectivity index (χ3n) is 11.3. The van der Waals surface area contributed by atoms with Crippen molar-refractivity contribution in [1.29, 1.82) is 5.41 Å². The molecule has 0 unspecified atom stereocenters. The van der Waals surface area contributed by atoms with E-state index in [1.165, 1.54) is 49.0 Å². The number of nitro groups is 1. The van der Waals surface area contributed by atoms with Crippen molar-refractivity contribution in [2.45, 2.75) is 43.4 Å². The molecule has 8 rings (SSSR count). The van der Waals surface area contributed by atoms with Crippen LogP contribution >= 0.6 is 23.5 Å². The number of aromatic amines is 1. The first-order valence-corrected chi connectivity index (χ1v) is 19.6. The van der Waals surface area contributed by atoms with Gasteiger partial charge in [0.2, 0.25) is 0 Å². The number of ether oxygens (including phenoxy) is 1. The normalized spacial score (nSPS) is 16.9. The van der Waals surface area contributed by atoms with E-state index in [9.17, 15) is 14.9 Å². The zero-order chi connectivity index (χ0) is 38.1. The van der Waals surface area contributed by atoms with Crippen LogP contribution in [0, 0.1) is 20.9 Å². The Bertz CT molecular complexity index is 2320. The number of benzene rings is 3. The maximum atomic E-state index is 13.7. The summed E-state index contributed by atoms with van der Waals surface area (Å²) in [6.45, 7) is 4.39. The quantitative estimate of drug-likeness (QED) is 0.0337. The molecule has 2 fully saturated rings. The van der Waals surface area contributed by atoms with Gasteiger partial charge >= 0.3 is 0 Å². The standard InChI is InChI=1S/C41H41ClN8O4S/c42-30-4-2-26(3-5-30)35-22-41(10-1-11-41)12-8-28(35)25-48-14-16-49(17-15-48)31-6-7-34(37(20-31)54-32-18-27-9-13-45-39(27)46-24-32)40(51)47-55-33-19-29(23-43)38(44)36(21-33)50(52)53/h2-7,9,13,18-21,23-24,43H,1,8,10-12,14-17,22,25,44H2,(H,45,46)(H,47,51). The lowest BCUT2D eigenvalue weighted by Gasteiger charge is -2.47. The zero-order valence-corrected chi connectivity index (χ0v) is 31.7. The summed E-state index contributed by atoms with van der Waals surface area (Å²) in [6.07, 6.45) is 11.9. The number of fused-ring (bicyclic) bond motifs is 1. The molecule has 1 spiro atoms. The summed E-state index contributed by atoms with van der Waals surface area (Å²) >= 11 is 7.17. The van der Waals surface area contributed by atoms with Gasteiger partial charge < -0.3 is 25.8 Å². The summed E-state index contributed by atoms with van der Waals surface area (Å²) in [4.78, 5) is 37.4. The number of allylic oxidation sites excluding steroid dienone is 1. The smallest absolute Gasteiger partial charge is 0.293 e. The molecule has 55 heavy (non-hydrogen) atoms. The summed E-state index contributed by atoms with van der Waals surface area (Å²) in [5.74, 6) is 0.369. The number of nitrogen functional groups attached to an aromatic ring is 1. The highest BCUT2D eigenvalue weighted by Crippen LogP contribution is 2.55. The van der Waals surface area contributed by atoms with Gasteiger partial charge in [0, 0.05) is 83.8 Å². The van der Waals surface area contributed by atoms with Gasteiger partial charge in [0.1, 0.15) is 22.8 Å². The maximum Gasteiger partial charge on any atom is 0.293 e. The summed E-state index contributed by atoms with van der Waals surface area (Å²) < 4.78 is 9.16. The molecule has 0 atom stereocenters. The van der Waals surface area contributed by atoms with Gasteiger partial charge in [0.25, 0.3) is 11.6 Å². The summed E-state index contributed by atoms with van der Waals surface area (Å²) in [6, 6.07) is 20.5. The van der Waals surface area contributed by atoms with Crippen LogP contribution < -0.4 is 20.1 Å². The molecule has 0 bridgehead atoms. The van der Waals surface area contributed by atoms with Crippen LogP contribution in [0.2, 0.25) is 5.02 Å². The van der Waals surface area contributed by atoms with Gasteiger partial charge in [-0.3, -0.25) is 24.5 Å². The number of rotatable bonds is 11. The van der Waals surface area contributed by atoms with Crippen LogP contribution in [0.1, 0.15) is 60.0 Å². The van der Waals surface area contributed by atoms with Crippen LogP contribution in [-0.4, -0.2) is 64.6 Å². The fraction of sp³-hybridized carbons (Fsp3) is 0.293. The van der Waals surface area contributed by atoms with Gasteiger partial charge in [0.05, 0.1) is 16.7 Å². The van der Waals surface area contributed by atoms with Crippen molar-refractivity contribution < 1.29 is 14.5 Å². The first-order valence-electron chi connectivity index (χ1n) is 18.4. The van der Waals surface area contributed by atoms with E-state index < -0.39 is 10.8 Å². The lowest BCUT2D eigenvalue weighted by molar-refractivity contribution is -0.384. The molecule has 3 heterocycles. The number of halogens is 1. The fourth-order valence-corrected chi connectivity index (χ4v) is 8.83. The Balaban J connectivity index is 1.00. The number of hydrogen-bond donors (Lipinski definition) is 4. The van der Waals surface area contributed by atoms with Crippen molar-refractivity contribution in [2.75, 3.05) is 43.4 Å². The maximum absolute atomic E-state index is 13.7. The number of carbonyl (C=O) groups excluding carboxylic acids is 1. The Morgan fingerprint density at radius 2 is 1.89 bits per heavy atom. The number of nitro benzene ring substituents is 1. The summed E-state index contributed by atoms with van der Waals surface area (Å²) in [5, 5.41) is 20.8. The molecule has 2 aliphatic carbocycles. The van der Waals surface area contributed by atoms with Gasteiger partial charge in [-0.1, -0.05) is 35.7 Å². The molecule has 3 aliphatic rings. The molecule has 1 saturated heterocycles. The van der Waals surface area contributed by atoms with Crippen LogP contribution in [0.4, 0.5) is 17.1 Å². The third-order valence-corrected chi connectivity index (χ3v) is 12.3. The summed E-state index contributed by atoms with van der Waals surface area (Å²) in [5.41, 5.74) is 12.4. The van der Waals surface area contributed by atoms with Crippen molar-refractivity contribution in [2.24, 2.45) is 5.41 Å². The minimum absolute atomic E-state index is 0.105. The average molecular weight is 777 g/mol. The molecule has 2 aromatic heterocycles. The number of nitrogens with zero attached hydrogens (tertiary/aromatic N) is 4. The lowest BCUT2D eigenvalue weighted by Crippen LogP contribution is -2.47. The first kappa shape index (κ1) is 36.6. The van der Waals surface area contributed by atoms with Gasteiger partial charge in [-0.05, 0) is 103 Å². The minimum Gasteiger partial charge on any atom is -0.455 e. The molecule has 3 aromatic carbocycles. The van der Waals surface area contributed by atoms with E-state index in [-0.39, 0.29) is 22.5 Å². The number of nitrogens with one attached hydrogen (secondary N) is 3. The average Bonchev–Trinajstić information content (AvgIpc) is 3.65. The highest BCUT2D eigenvalue weighted by Gasteiger charge is 2.41. The number of H-pyrrole nitrogens is 1. The van der Waals surface area contributed by atoms with E-state index >= 15 is 0 Å². The number of hydrogen-bond acceptors (Lipinski definition) is 10. The minimum atomic E-state index is -0.607. The predicted octanol–water partition coefficient (Wildman–Crippen LogP) is 8.86. The molecule has 5 N–H and O–H groups in total. The van der Waals surface area contributed by atoms with Gasteiger partial charge in [-0.25, -0.2) is 4.98 Å². The van der Waals surface area contributed by atoms with Gasteiger partial charge in [0.15, 0.2) is 0 Å². The van der Waals surface area contributed by atoms with E-state index in [4.69, 9.17) is 27.5 Å². The fourth-order valence-electron chi connectivity index (χ4n) is 8.03. The van der Waals surface area contributed by atoms with Crippen molar-refractivity contribution in [3.05, 3.63) is 117 Å².